The number of rotatable bonds is 5. The van der Waals surface area contributed by atoms with Gasteiger partial charge in [0.25, 0.3) is 0 Å². The summed E-state index contributed by atoms with van der Waals surface area (Å²) < 4.78 is 6.47. The highest BCUT2D eigenvalue weighted by atomic mass is 79.9. The molecule has 26 heavy (non-hydrogen) atoms. The minimum absolute atomic E-state index is 0.0732. The van der Waals surface area contributed by atoms with Gasteiger partial charge in [-0.25, -0.2) is 4.98 Å². The molecule has 0 unspecified atom stereocenters. The molecule has 0 aliphatic heterocycles. The van der Waals surface area contributed by atoms with Crippen LogP contribution in [0.4, 0.5) is 17.2 Å². The molecule has 8 heteroatoms. The second kappa shape index (κ2) is 7.49. The third-order valence-electron chi connectivity index (χ3n) is 3.63. The molecule has 0 bridgehead atoms. The molecule has 132 valence electrons. The van der Waals surface area contributed by atoms with E-state index in [4.69, 9.17) is 4.74 Å². The zero-order chi connectivity index (χ0) is 18.7. The molecule has 3 aromatic rings. The van der Waals surface area contributed by atoms with Crippen molar-refractivity contribution in [1.82, 2.24) is 9.97 Å². The average molecular weight is 415 g/mol. The van der Waals surface area contributed by atoms with Crippen molar-refractivity contribution in [2.45, 2.75) is 13.8 Å². The van der Waals surface area contributed by atoms with Gasteiger partial charge in [0.1, 0.15) is 12.1 Å². The van der Waals surface area contributed by atoms with Crippen molar-refractivity contribution in [2.24, 2.45) is 0 Å². The van der Waals surface area contributed by atoms with Crippen molar-refractivity contribution in [1.29, 1.82) is 0 Å². The molecule has 0 spiro atoms. The molecule has 1 aromatic heterocycles. The molecule has 0 saturated carbocycles. The normalized spacial score (nSPS) is 10.4. The van der Waals surface area contributed by atoms with E-state index in [1.165, 1.54) is 6.33 Å². The first kappa shape index (κ1) is 17.8. The summed E-state index contributed by atoms with van der Waals surface area (Å²) in [6, 6.07) is 12.7. The number of nitrogens with one attached hydrogen (secondary N) is 1. The van der Waals surface area contributed by atoms with Gasteiger partial charge in [0.15, 0.2) is 0 Å². The van der Waals surface area contributed by atoms with E-state index >= 15 is 0 Å². The number of aromatic nitrogens is 2. The summed E-state index contributed by atoms with van der Waals surface area (Å²) in [5.74, 6) is 0.385. The van der Waals surface area contributed by atoms with Crippen molar-refractivity contribution in [3.63, 3.8) is 0 Å². The van der Waals surface area contributed by atoms with Crippen LogP contribution in [0.15, 0.2) is 53.3 Å². The monoisotopic (exact) mass is 414 g/mol. The van der Waals surface area contributed by atoms with E-state index in [1.54, 1.807) is 24.3 Å². The molecule has 0 fully saturated rings. The van der Waals surface area contributed by atoms with E-state index in [9.17, 15) is 10.1 Å². The second-order valence-electron chi connectivity index (χ2n) is 5.63. The highest BCUT2D eigenvalue weighted by Crippen LogP contribution is 2.36. The molecule has 0 atom stereocenters. The fraction of sp³-hybridized carbons (Fsp3) is 0.111. The van der Waals surface area contributed by atoms with Gasteiger partial charge in [0.05, 0.1) is 4.92 Å². The first-order chi connectivity index (χ1) is 12.4. The van der Waals surface area contributed by atoms with Crippen LogP contribution in [0.5, 0.6) is 11.6 Å². The lowest BCUT2D eigenvalue weighted by Gasteiger charge is -2.11. The molecule has 1 heterocycles. The zero-order valence-electron chi connectivity index (χ0n) is 14.1. The molecular formula is C18H15BrN4O3. The standard InChI is InChI=1S/C18H15BrN4O3/c1-11-3-8-15(12(2)9-11)22-17-16(23(24)25)18(21-10-20-17)26-14-6-4-13(19)5-7-14/h3-10H,1-2H3,(H,20,21,22). The number of benzene rings is 2. The molecule has 7 nitrogen and oxygen atoms in total. The number of hydrogen-bond acceptors (Lipinski definition) is 6. The first-order valence-corrected chi connectivity index (χ1v) is 8.50. The van der Waals surface area contributed by atoms with Gasteiger partial charge in [-0.2, -0.15) is 4.98 Å². The first-order valence-electron chi connectivity index (χ1n) is 7.71. The fourth-order valence-corrected chi connectivity index (χ4v) is 2.65. The largest absolute Gasteiger partial charge is 0.434 e. The van der Waals surface area contributed by atoms with Gasteiger partial charge in [-0.1, -0.05) is 33.6 Å². The van der Waals surface area contributed by atoms with E-state index in [0.717, 1.165) is 21.3 Å². The summed E-state index contributed by atoms with van der Waals surface area (Å²) >= 11 is 3.33. The summed E-state index contributed by atoms with van der Waals surface area (Å²) in [5, 5.41) is 14.6. The van der Waals surface area contributed by atoms with E-state index in [0.29, 0.717) is 5.75 Å². The van der Waals surface area contributed by atoms with Gasteiger partial charge in [0, 0.05) is 10.2 Å². The number of nitro groups is 1. The van der Waals surface area contributed by atoms with Crippen molar-refractivity contribution >= 4 is 33.1 Å². The minimum Gasteiger partial charge on any atom is -0.434 e. The third-order valence-corrected chi connectivity index (χ3v) is 4.16. The van der Waals surface area contributed by atoms with Gasteiger partial charge >= 0.3 is 11.6 Å². The van der Waals surface area contributed by atoms with Crippen LogP contribution in [0.25, 0.3) is 0 Å². The van der Waals surface area contributed by atoms with Crippen molar-refractivity contribution in [3.05, 3.63) is 74.5 Å². The fourth-order valence-electron chi connectivity index (χ4n) is 2.39. The second-order valence-corrected chi connectivity index (χ2v) is 6.55. The Labute approximate surface area is 158 Å². The van der Waals surface area contributed by atoms with Crippen molar-refractivity contribution < 1.29 is 9.66 Å². The molecule has 0 radical (unpaired) electrons. The van der Waals surface area contributed by atoms with Gasteiger partial charge in [-0.15, -0.1) is 0 Å². The lowest BCUT2D eigenvalue weighted by atomic mass is 10.1. The summed E-state index contributed by atoms with van der Waals surface area (Å²) in [7, 11) is 0. The van der Waals surface area contributed by atoms with Crippen LogP contribution < -0.4 is 10.1 Å². The van der Waals surface area contributed by atoms with E-state index in [-0.39, 0.29) is 17.4 Å². The summed E-state index contributed by atoms with van der Waals surface area (Å²) in [6.07, 6.45) is 1.23. The quantitative estimate of drug-likeness (QED) is 0.449. The number of aryl methyl sites for hydroxylation is 2. The Bertz CT molecular complexity index is 961. The summed E-state index contributed by atoms with van der Waals surface area (Å²) in [6.45, 7) is 3.90. The number of ether oxygens (including phenoxy) is 1. The van der Waals surface area contributed by atoms with E-state index in [1.807, 2.05) is 32.0 Å². The van der Waals surface area contributed by atoms with Crippen LogP contribution in [0.1, 0.15) is 11.1 Å². The number of nitrogens with zero attached hydrogens (tertiary/aromatic N) is 3. The van der Waals surface area contributed by atoms with Gasteiger partial charge in [0.2, 0.25) is 5.82 Å². The van der Waals surface area contributed by atoms with Crippen LogP contribution in [-0.2, 0) is 0 Å². The molecule has 0 saturated heterocycles. The average Bonchev–Trinajstić information content (AvgIpc) is 2.59. The maximum atomic E-state index is 11.6. The molecule has 3 rings (SSSR count). The molecule has 1 N–H and O–H groups in total. The topological polar surface area (TPSA) is 90.2 Å². The molecule has 0 amide bonds. The number of anilines is 2. The summed E-state index contributed by atoms with van der Waals surface area (Å²) in [5.41, 5.74) is 2.46. The minimum atomic E-state index is -0.556. The lowest BCUT2D eigenvalue weighted by Crippen LogP contribution is -2.04. The SMILES string of the molecule is Cc1ccc(Nc2ncnc(Oc3ccc(Br)cc3)c2[N+](=O)[O-])c(C)c1. The maximum absolute atomic E-state index is 11.6. The predicted octanol–water partition coefficient (Wildman–Crippen LogP) is 5.30. The highest BCUT2D eigenvalue weighted by Gasteiger charge is 2.25. The zero-order valence-corrected chi connectivity index (χ0v) is 15.6. The Hall–Kier alpha value is -3.00. The van der Waals surface area contributed by atoms with Crippen molar-refractivity contribution in [2.75, 3.05) is 5.32 Å². The van der Waals surface area contributed by atoms with E-state index < -0.39 is 4.92 Å². The predicted molar refractivity (Wildman–Crippen MR) is 102 cm³/mol. The lowest BCUT2D eigenvalue weighted by molar-refractivity contribution is -0.385. The van der Waals surface area contributed by atoms with E-state index in [2.05, 4.69) is 31.2 Å². The Kier molecular flexibility index (Phi) is 5.13. The Morgan fingerprint density at radius 2 is 1.85 bits per heavy atom. The van der Waals surface area contributed by atoms with Crippen LogP contribution in [-0.4, -0.2) is 14.9 Å². The molecular weight excluding hydrogens is 400 g/mol. The Balaban J connectivity index is 1.98. The van der Waals surface area contributed by atoms with Crippen LogP contribution in [0, 0.1) is 24.0 Å². The van der Waals surface area contributed by atoms with Crippen LogP contribution >= 0.6 is 15.9 Å². The van der Waals surface area contributed by atoms with Gasteiger partial charge in [-0.05, 0) is 49.7 Å². The number of halogens is 1. The van der Waals surface area contributed by atoms with Gasteiger partial charge < -0.3 is 10.1 Å². The van der Waals surface area contributed by atoms with Gasteiger partial charge in [-0.3, -0.25) is 10.1 Å². The number of hydrogen-bond donors (Lipinski definition) is 1. The molecule has 0 aliphatic carbocycles. The van der Waals surface area contributed by atoms with Crippen LogP contribution in [0.3, 0.4) is 0 Å². The smallest absolute Gasteiger partial charge is 0.373 e. The highest BCUT2D eigenvalue weighted by molar-refractivity contribution is 9.10. The Morgan fingerprint density at radius 1 is 1.12 bits per heavy atom. The maximum Gasteiger partial charge on any atom is 0.373 e. The Morgan fingerprint density at radius 3 is 2.50 bits per heavy atom. The third kappa shape index (κ3) is 3.97. The summed E-state index contributed by atoms with van der Waals surface area (Å²) in [4.78, 5) is 19.0. The van der Waals surface area contributed by atoms with Crippen LogP contribution in [0.2, 0.25) is 0 Å². The molecule has 0 aliphatic rings. The molecule has 2 aromatic carbocycles. The van der Waals surface area contributed by atoms with Crippen molar-refractivity contribution in [3.8, 4) is 11.6 Å².